The number of hydrogen-bond acceptors (Lipinski definition) is 2. The van der Waals surface area contributed by atoms with E-state index in [1.165, 1.54) is 0 Å². The van der Waals surface area contributed by atoms with Gasteiger partial charge in [0, 0.05) is 12.1 Å². The Balaban J connectivity index is 1.91. The number of phenolic OH excluding ortho intramolecular Hbond substituents is 1. The van der Waals surface area contributed by atoms with Crippen molar-refractivity contribution in [1.82, 2.24) is 0 Å². The fraction of sp³-hybridized carbons (Fsp3) is 0.0435. The van der Waals surface area contributed by atoms with E-state index < -0.39 is 5.97 Å². The Morgan fingerprint density at radius 3 is 2.22 bits per heavy atom. The molecular formula is C23H18NO3+. The molecule has 27 heavy (non-hydrogen) atoms. The van der Waals surface area contributed by atoms with Crippen molar-refractivity contribution in [3.05, 3.63) is 83.4 Å². The van der Waals surface area contributed by atoms with Crippen molar-refractivity contribution in [2.45, 2.75) is 0 Å². The molecular weight excluding hydrogens is 338 g/mol. The van der Waals surface area contributed by atoms with E-state index in [9.17, 15) is 15.0 Å². The zero-order chi connectivity index (χ0) is 19.0. The Hall–Kier alpha value is -3.66. The number of carbonyl (C=O) groups is 1. The highest BCUT2D eigenvalue weighted by atomic mass is 16.4. The molecule has 4 nitrogen and oxygen atoms in total. The number of aromatic nitrogens is 1. The van der Waals surface area contributed by atoms with E-state index in [0.717, 1.165) is 27.5 Å². The highest BCUT2D eigenvalue weighted by Gasteiger charge is 2.21. The summed E-state index contributed by atoms with van der Waals surface area (Å²) in [5, 5.41) is 20.6. The van der Waals surface area contributed by atoms with Crippen LogP contribution in [0, 0.1) is 0 Å². The molecule has 4 aromatic rings. The number of rotatable bonds is 3. The lowest BCUT2D eigenvalue weighted by atomic mass is 10.00. The van der Waals surface area contributed by atoms with Gasteiger partial charge in [0.25, 0.3) is 0 Å². The van der Waals surface area contributed by atoms with Gasteiger partial charge >= 0.3 is 5.97 Å². The maximum atomic E-state index is 12.0. The fourth-order valence-corrected chi connectivity index (χ4v) is 3.41. The highest BCUT2D eigenvalue weighted by molar-refractivity contribution is 6.12. The van der Waals surface area contributed by atoms with Crippen LogP contribution in [0.25, 0.3) is 34.0 Å². The maximum absolute atomic E-state index is 12.0. The predicted octanol–water partition coefficient (Wildman–Crippen LogP) is 4.39. The summed E-state index contributed by atoms with van der Waals surface area (Å²) in [5.74, 6) is -0.709. The van der Waals surface area contributed by atoms with Crippen LogP contribution in [0.1, 0.15) is 21.5 Å². The van der Waals surface area contributed by atoms with Crippen LogP contribution in [0.4, 0.5) is 0 Å². The lowest BCUT2D eigenvalue weighted by molar-refractivity contribution is -0.617. The molecule has 0 spiro atoms. The average molecular weight is 356 g/mol. The molecule has 0 aliphatic carbocycles. The van der Waals surface area contributed by atoms with Gasteiger partial charge in [0.05, 0.1) is 16.3 Å². The number of aryl methyl sites for hydroxylation is 1. The second kappa shape index (κ2) is 6.57. The summed E-state index contributed by atoms with van der Waals surface area (Å²) in [6.45, 7) is 0. The molecule has 2 N–H and O–H groups in total. The van der Waals surface area contributed by atoms with Crippen molar-refractivity contribution < 1.29 is 19.6 Å². The molecule has 0 bridgehead atoms. The fourth-order valence-electron chi connectivity index (χ4n) is 3.41. The molecule has 1 aromatic heterocycles. The largest absolute Gasteiger partial charge is 0.508 e. The van der Waals surface area contributed by atoms with E-state index in [4.69, 9.17) is 0 Å². The first-order valence-electron chi connectivity index (χ1n) is 8.59. The Kier molecular flexibility index (Phi) is 4.09. The predicted molar refractivity (Wildman–Crippen MR) is 107 cm³/mol. The Labute approximate surface area is 156 Å². The summed E-state index contributed by atoms with van der Waals surface area (Å²) in [6, 6.07) is 20.3. The summed E-state index contributed by atoms with van der Waals surface area (Å²) in [5.41, 5.74) is 3.94. The monoisotopic (exact) mass is 356 g/mol. The third kappa shape index (κ3) is 3.02. The number of phenols is 1. The second-order valence-corrected chi connectivity index (χ2v) is 6.46. The lowest BCUT2D eigenvalue weighted by Crippen LogP contribution is -2.31. The smallest absolute Gasteiger partial charge is 0.337 e. The third-order valence-electron chi connectivity index (χ3n) is 4.76. The molecule has 1 heterocycles. The molecule has 4 rings (SSSR count). The molecule has 0 aliphatic rings. The zero-order valence-corrected chi connectivity index (χ0v) is 14.8. The maximum Gasteiger partial charge on any atom is 0.337 e. The average Bonchev–Trinajstić information content (AvgIpc) is 2.67. The highest BCUT2D eigenvalue weighted by Crippen LogP contribution is 2.26. The number of carboxylic acid groups (broad SMARTS) is 1. The first kappa shape index (κ1) is 16.8. The number of aromatic carboxylic acids is 1. The molecule has 0 unspecified atom stereocenters. The molecule has 0 fully saturated rings. The van der Waals surface area contributed by atoms with Gasteiger partial charge in [-0.3, -0.25) is 0 Å². The molecule has 0 saturated carbocycles. The number of hydrogen-bond donors (Lipinski definition) is 2. The van der Waals surface area contributed by atoms with Crippen LogP contribution in [-0.4, -0.2) is 16.2 Å². The standard InChI is InChI=1S/C23H17NO3/c1-24-20-5-3-2-4-18(20)22(23(26)27)19-14-16(10-13-21(19)24)7-6-15-8-11-17(25)12-9-15/h2-14H,1H3,(H-,25,26,27)/p+1. The third-order valence-corrected chi connectivity index (χ3v) is 4.76. The molecule has 3 aromatic carbocycles. The van der Waals surface area contributed by atoms with Crippen molar-refractivity contribution in [2.75, 3.05) is 0 Å². The van der Waals surface area contributed by atoms with Gasteiger partial charge in [0.1, 0.15) is 12.8 Å². The van der Waals surface area contributed by atoms with Crippen molar-refractivity contribution in [3.63, 3.8) is 0 Å². The number of fused-ring (bicyclic) bond motifs is 2. The summed E-state index contributed by atoms with van der Waals surface area (Å²) in [6.07, 6.45) is 3.87. The lowest BCUT2D eigenvalue weighted by Gasteiger charge is -2.07. The molecule has 0 radical (unpaired) electrons. The van der Waals surface area contributed by atoms with Gasteiger partial charge in [0.15, 0.2) is 0 Å². The number of pyridine rings is 1. The van der Waals surface area contributed by atoms with Crippen molar-refractivity contribution in [2.24, 2.45) is 7.05 Å². The Morgan fingerprint density at radius 2 is 1.48 bits per heavy atom. The van der Waals surface area contributed by atoms with Gasteiger partial charge in [-0.05, 0) is 41.5 Å². The van der Waals surface area contributed by atoms with Gasteiger partial charge in [-0.1, -0.05) is 36.4 Å². The van der Waals surface area contributed by atoms with Gasteiger partial charge < -0.3 is 10.2 Å². The van der Waals surface area contributed by atoms with Crippen LogP contribution in [0.2, 0.25) is 0 Å². The summed E-state index contributed by atoms with van der Waals surface area (Å²) >= 11 is 0. The number of para-hydroxylation sites is 1. The topological polar surface area (TPSA) is 61.4 Å². The van der Waals surface area contributed by atoms with Gasteiger partial charge in [-0.25, -0.2) is 4.79 Å². The SMILES string of the molecule is C[n+]1c2ccccc2c(C(=O)O)c2cc(C=Cc3ccc(O)cc3)ccc21. The molecule has 0 aliphatic heterocycles. The van der Waals surface area contributed by atoms with Crippen LogP contribution in [-0.2, 0) is 7.05 Å². The van der Waals surface area contributed by atoms with Crippen LogP contribution in [0.3, 0.4) is 0 Å². The summed E-state index contributed by atoms with van der Waals surface area (Å²) < 4.78 is 2.02. The number of carboxylic acids is 1. The number of benzene rings is 3. The van der Waals surface area contributed by atoms with Crippen LogP contribution >= 0.6 is 0 Å². The Morgan fingerprint density at radius 1 is 0.852 bits per heavy atom. The summed E-state index contributed by atoms with van der Waals surface area (Å²) in [7, 11) is 1.95. The van der Waals surface area contributed by atoms with Crippen molar-refractivity contribution >= 4 is 39.9 Å². The zero-order valence-electron chi connectivity index (χ0n) is 14.8. The van der Waals surface area contributed by atoms with E-state index in [2.05, 4.69) is 0 Å². The minimum atomic E-state index is -0.934. The molecule has 132 valence electrons. The second-order valence-electron chi connectivity index (χ2n) is 6.46. The normalized spacial score (nSPS) is 11.4. The van der Waals surface area contributed by atoms with E-state index in [0.29, 0.717) is 10.9 Å². The molecule has 0 saturated heterocycles. The minimum Gasteiger partial charge on any atom is -0.508 e. The molecule has 0 amide bonds. The van der Waals surface area contributed by atoms with Gasteiger partial charge in [-0.15, -0.1) is 0 Å². The van der Waals surface area contributed by atoms with Crippen molar-refractivity contribution in [1.29, 1.82) is 0 Å². The summed E-state index contributed by atoms with van der Waals surface area (Å²) in [4.78, 5) is 12.0. The minimum absolute atomic E-state index is 0.225. The van der Waals surface area contributed by atoms with Crippen LogP contribution in [0.5, 0.6) is 5.75 Å². The van der Waals surface area contributed by atoms with E-state index in [1.807, 2.05) is 78.4 Å². The van der Waals surface area contributed by atoms with Gasteiger partial charge in [-0.2, -0.15) is 4.57 Å². The van der Waals surface area contributed by atoms with Gasteiger partial charge in [0.2, 0.25) is 11.0 Å². The van der Waals surface area contributed by atoms with E-state index in [-0.39, 0.29) is 5.75 Å². The first-order chi connectivity index (χ1) is 13.0. The van der Waals surface area contributed by atoms with Crippen molar-refractivity contribution in [3.8, 4) is 5.75 Å². The molecule has 0 atom stereocenters. The first-order valence-corrected chi connectivity index (χ1v) is 8.59. The van der Waals surface area contributed by atoms with E-state index >= 15 is 0 Å². The molecule has 4 heteroatoms. The van der Waals surface area contributed by atoms with Crippen LogP contribution in [0.15, 0.2) is 66.7 Å². The quantitative estimate of drug-likeness (QED) is 0.325. The van der Waals surface area contributed by atoms with E-state index in [1.54, 1.807) is 12.1 Å². The Bertz CT molecular complexity index is 1210. The number of aromatic hydroxyl groups is 1. The van der Waals surface area contributed by atoms with Crippen LogP contribution < -0.4 is 4.57 Å². The number of nitrogens with zero attached hydrogens (tertiary/aromatic N) is 1.